The Morgan fingerprint density at radius 1 is 1.33 bits per heavy atom. The second kappa shape index (κ2) is 6.76. The fourth-order valence-electron chi connectivity index (χ4n) is 3.07. The van der Waals surface area contributed by atoms with E-state index in [1.165, 1.54) is 18.7 Å². The summed E-state index contributed by atoms with van der Waals surface area (Å²) in [6.45, 7) is 2.06. The topological polar surface area (TPSA) is 76.0 Å². The van der Waals surface area contributed by atoms with Gasteiger partial charge in [0.1, 0.15) is 5.75 Å². The molecular formula is C16H20N2O4S2. The van der Waals surface area contributed by atoms with Crippen molar-refractivity contribution in [1.29, 1.82) is 0 Å². The van der Waals surface area contributed by atoms with Crippen molar-refractivity contribution in [2.24, 2.45) is 4.99 Å². The van der Waals surface area contributed by atoms with Gasteiger partial charge in [-0.3, -0.25) is 4.79 Å². The molecule has 0 aliphatic carbocycles. The van der Waals surface area contributed by atoms with Crippen LogP contribution in [0.2, 0.25) is 0 Å². The van der Waals surface area contributed by atoms with Crippen LogP contribution in [0.25, 0.3) is 0 Å². The Morgan fingerprint density at radius 3 is 2.67 bits per heavy atom. The highest BCUT2D eigenvalue weighted by Gasteiger charge is 2.48. The molecule has 2 fully saturated rings. The molecule has 0 bridgehead atoms. The minimum absolute atomic E-state index is 0.0241. The lowest BCUT2D eigenvalue weighted by Gasteiger charge is -2.24. The quantitative estimate of drug-likeness (QED) is 0.799. The smallest absolute Gasteiger partial charge is 0.244 e. The van der Waals surface area contributed by atoms with Crippen LogP contribution in [-0.4, -0.2) is 60.8 Å². The van der Waals surface area contributed by atoms with E-state index in [1.807, 2.05) is 29.2 Å². The molecule has 1 amide bonds. The van der Waals surface area contributed by atoms with Crippen LogP contribution in [-0.2, 0) is 21.1 Å². The van der Waals surface area contributed by atoms with Crippen LogP contribution in [0.3, 0.4) is 0 Å². The van der Waals surface area contributed by atoms with Gasteiger partial charge < -0.3 is 9.64 Å². The number of amidine groups is 1. The van der Waals surface area contributed by atoms with E-state index in [1.54, 1.807) is 7.11 Å². The molecule has 0 saturated carbocycles. The van der Waals surface area contributed by atoms with Gasteiger partial charge in [-0.25, -0.2) is 8.42 Å². The molecule has 2 saturated heterocycles. The number of rotatable bonds is 4. The summed E-state index contributed by atoms with van der Waals surface area (Å²) in [5.74, 6) is 0.855. The number of fused-ring (bicyclic) bond motifs is 1. The molecule has 24 heavy (non-hydrogen) atoms. The molecule has 2 aliphatic rings. The van der Waals surface area contributed by atoms with E-state index in [0.29, 0.717) is 11.7 Å². The largest absolute Gasteiger partial charge is 0.497 e. The highest BCUT2D eigenvalue weighted by molar-refractivity contribution is 8.15. The van der Waals surface area contributed by atoms with Gasteiger partial charge in [0.15, 0.2) is 15.0 Å². The first-order valence-electron chi connectivity index (χ1n) is 7.74. The van der Waals surface area contributed by atoms with Crippen LogP contribution < -0.4 is 4.74 Å². The van der Waals surface area contributed by atoms with Crippen molar-refractivity contribution in [3.8, 4) is 5.75 Å². The van der Waals surface area contributed by atoms with Crippen LogP contribution in [0.15, 0.2) is 29.3 Å². The number of nitrogens with zero attached hydrogens (tertiary/aromatic N) is 2. The molecule has 1 aromatic carbocycles. The Balaban J connectivity index is 1.75. The average molecular weight is 368 g/mol. The van der Waals surface area contributed by atoms with Gasteiger partial charge in [0.2, 0.25) is 5.91 Å². The van der Waals surface area contributed by atoms with E-state index in [9.17, 15) is 13.2 Å². The number of ether oxygens (including phenoxy) is 1. The van der Waals surface area contributed by atoms with Gasteiger partial charge in [0.25, 0.3) is 0 Å². The average Bonchev–Trinajstić information content (AvgIpc) is 2.96. The van der Waals surface area contributed by atoms with Crippen molar-refractivity contribution in [3.63, 3.8) is 0 Å². The van der Waals surface area contributed by atoms with Crippen LogP contribution in [0.5, 0.6) is 5.75 Å². The number of hydrogen-bond donors (Lipinski definition) is 0. The Kier molecular flexibility index (Phi) is 4.87. The number of methoxy groups -OCH3 is 1. The first kappa shape index (κ1) is 17.3. The van der Waals surface area contributed by atoms with Crippen LogP contribution in [0.1, 0.15) is 12.5 Å². The van der Waals surface area contributed by atoms with Gasteiger partial charge in [-0.1, -0.05) is 23.9 Å². The number of hydrogen-bond acceptors (Lipinski definition) is 5. The molecule has 2 heterocycles. The zero-order valence-corrected chi connectivity index (χ0v) is 15.3. The maximum atomic E-state index is 11.9. The van der Waals surface area contributed by atoms with Crippen molar-refractivity contribution in [2.45, 2.75) is 24.6 Å². The lowest BCUT2D eigenvalue weighted by atomic mass is 10.1. The number of carbonyl (C=O) groups excluding carboxylic acids is 1. The summed E-state index contributed by atoms with van der Waals surface area (Å²) in [5.41, 5.74) is 1.13. The van der Waals surface area contributed by atoms with E-state index in [-0.39, 0.29) is 28.7 Å². The van der Waals surface area contributed by atoms with E-state index < -0.39 is 9.84 Å². The summed E-state index contributed by atoms with van der Waals surface area (Å²) >= 11 is 1.42. The lowest BCUT2D eigenvalue weighted by molar-refractivity contribution is -0.115. The van der Waals surface area contributed by atoms with Crippen LogP contribution in [0, 0.1) is 0 Å². The van der Waals surface area contributed by atoms with E-state index in [2.05, 4.69) is 4.99 Å². The van der Waals surface area contributed by atoms with Gasteiger partial charge in [-0.15, -0.1) is 0 Å². The zero-order chi connectivity index (χ0) is 17.3. The summed E-state index contributed by atoms with van der Waals surface area (Å²) in [4.78, 5) is 17.4. The third-order valence-corrected chi connectivity index (χ3v) is 7.48. The van der Waals surface area contributed by atoms with E-state index in [4.69, 9.17) is 4.74 Å². The van der Waals surface area contributed by atoms with E-state index >= 15 is 0 Å². The maximum absolute atomic E-state index is 11.9. The minimum atomic E-state index is -3.00. The molecule has 3 rings (SSSR count). The molecule has 130 valence electrons. The summed E-state index contributed by atoms with van der Waals surface area (Å²) in [7, 11) is -1.37. The fraction of sp³-hybridized carbons (Fsp3) is 0.500. The standard InChI is InChI=1S/C16H20N2O4S2/c1-11(19)17-16-18(14-9-24(20,21)10-15(14)23-16)8-7-12-3-5-13(22-2)6-4-12/h3-6,14-15H,7-10H2,1-2H3/t14-,15+/m1/s1. The molecule has 2 aliphatic heterocycles. The number of benzene rings is 1. The van der Waals surface area contributed by atoms with Crippen molar-refractivity contribution < 1.29 is 17.9 Å². The molecular weight excluding hydrogens is 348 g/mol. The number of aliphatic imine (C=N–C) groups is 1. The third kappa shape index (κ3) is 3.75. The van der Waals surface area contributed by atoms with Gasteiger partial charge in [-0.05, 0) is 24.1 Å². The molecule has 8 heteroatoms. The highest BCUT2D eigenvalue weighted by Crippen LogP contribution is 2.38. The van der Waals surface area contributed by atoms with Crippen LogP contribution in [0.4, 0.5) is 0 Å². The van der Waals surface area contributed by atoms with Crippen molar-refractivity contribution in [1.82, 2.24) is 4.90 Å². The first-order valence-corrected chi connectivity index (χ1v) is 10.4. The minimum Gasteiger partial charge on any atom is -0.497 e. The molecule has 1 aromatic rings. The van der Waals surface area contributed by atoms with Gasteiger partial charge in [0, 0.05) is 18.7 Å². The van der Waals surface area contributed by atoms with Crippen molar-refractivity contribution in [3.05, 3.63) is 29.8 Å². The third-order valence-electron chi connectivity index (χ3n) is 4.23. The summed E-state index contributed by atoms with van der Waals surface area (Å²) in [6, 6.07) is 7.71. The van der Waals surface area contributed by atoms with Gasteiger partial charge in [0.05, 0.1) is 24.7 Å². The number of amides is 1. The fourth-order valence-corrected chi connectivity index (χ4v) is 7.10. The number of thioether (sulfide) groups is 1. The summed E-state index contributed by atoms with van der Waals surface area (Å²) < 4.78 is 29.0. The molecule has 0 spiro atoms. The normalized spacial score (nSPS) is 26.6. The van der Waals surface area contributed by atoms with Crippen molar-refractivity contribution in [2.75, 3.05) is 25.2 Å². The predicted molar refractivity (Wildman–Crippen MR) is 95.3 cm³/mol. The van der Waals surface area contributed by atoms with Crippen LogP contribution >= 0.6 is 11.8 Å². The molecule has 0 radical (unpaired) electrons. The summed E-state index contributed by atoms with van der Waals surface area (Å²) in [5, 5.41) is 0.630. The summed E-state index contributed by atoms with van der Waals surface area (Å²) in [6.07, 6.45) is 0.755. The lowest BCUT2D eigenvalue weighted by Crippen LogP contribution is -2.39. The first-order chi connectivity index (χ1) is 11.4. The Labute approximate surface area is 146 Å². The van der Waals surface area contributed by atoms with Gasteiger partial charge in [-0.2, -0.15) is 4.99 Å². The Hall–Kier alpha value is -1.54. The molecule has 0 aromatic heterocycles. The molecule has 2 atom stereocenters. The predicted octanol–water partition coefficient (Wildman–Crippen LogP) is 1.35. The molecule has 0 unspecified atom stereocenters. The Morgan fingerprint density at radius 2 is 2.04 bits per heavy atom. The second-order valence-electron chi connectivity index (χ2n) is 6.01. The maximum Gasteiger partial charge on any atom is 0.244 e. The van der Waals surface area contributed by atoms with Crippen molar-refractivity contribution >= 4 is 32.7 Å². The number of carbonyl (C=O) groups is 1. The SMILES string of the molecule is COc1ccc(CCN2C(=NC(C)=O)S[C@H]3CS(=O)(=O)C[C@H]32)cc1. The second-order valence-corrected chi connectivity index (χ2v) is 9.37. The highest BCUT2D eigenvalue weighted by atomic mass is 32.2. The molecule has 6 nitrogen and oxygen atoms in total. The van der Waals surface area contributed by atoms with E-state index in [0.717, 1.165) is 17.7 Å². The zero-order valence-electron chi connectivity index (χ0n) is 13.6. The van der Waals surface area contributed by atoms with Gasteiger partial charge >= 0.3 is 0 Å². The Bertz CT molecular complexity index is 759. The number of sulfone groups is 1. The monoisotopic (exact) mass is 368 g/mol. The molecule has 0 N–H and O–H groups in total.